The highest BCUT2D eigenvalue weighted by Crippen LogP contribution is 2.34. The predicted molar refractivity (Wildman–Crippen MR) is 75.1 cm³/mol. The minimum Gasteiger partial charge on any atom is -0.378 e. The minimum atomic E-state index is -4.39. The van der Waals surface area contributed by atoms with Crippen LogP contribution in [0.4, 0.5) is 19.0 Å². The van der Waals surface area contributed by atoms with E-state index < -0.39 is 11.7 Å². The zero-order valence-electron chi connectivity index (χ0n) is 12.3. The Labute approximate surface area is 122 Å². The van der Waals surface area contributed by atoms with Crippen molar-refractivity contribution in [1.82, 2.24) is 4.98 Å². The second kappa shape index (κ2) is 6.64. The maximum atomic E-state index is 12.9. The van der Waals surface area contributed by atoms with Gasteiger partial charge in [-0.25, -0.2) is 4.98 Å². The Bertz CT molecular complexity index is 462. The first-order chi connectivity index (χ1) is 9.86. The van der Waals surface area contributed by atoms with Gasteiger partial charge in [0.05, 0.1) is 11.7 Å². The van der Waals surface area contributed by atoms with Crippen molar-refractivity contribution in [3.05, 3.63) is 23.9 Å². The number of alkyl halides is 3. The fourth-order valence-electron chi connectivity index (χ4n) is 2.64. The second-order valence-corrected chi connectivity index (χ2v) is 5.89. The van der Waals surface area contributed by atoms with Crippen LogP contribution in [-0.2, 0) is 10.9 Å². The van der Waals surface area contributed by atoms with Crippen LogP contribution in [0.5, 0.6) is 0 Å². The minimum absolute atomic E-state index is 0.0292. The molecule has 0 aliphatic carbocycles. The van der Waals surface area contributed by atoms with Crippen LogP contribution in [0.2, 0.25) is 0 Å². The highest BCUT2D eigenvalue weighted by Gasteiger charge is 2.35. The van der Waals surface area contributed by atoms with E-state index in [1.54, 1.807) is 0 Å². The number of pyridine rings is 1. The van der Waals surface area contributed by atoms with Crippen LogP contribution in [-0.4, -0.2) is 23.7 Å². The fourth-order valence-corrected chi connectivity index (χ4v) is 2.64. The van der Waals surface area contributed by atoms with Crippen LogP contribution in [0.1, 0.15) is 38.7 Å². The molecule has 0 saturated carbocycles. The number of anilines is 1. The molecule has 1 aliphatic rings. The number of hydrogen-bond acceptors (Lipinski definition) is 3. The summed E-state index contributed by atoms with van der Waals surface area (Å²) in [7, 11) is 0. The Morgan fingerprint density at radius 2 is 2.19 bits per heavy atom. The zero-order chi connectivity index (χ0) is 15.5. The second-order valence-electron chi connectivity index (χ2n) is 5.89. The summed E-state index contributed by atoms with van der Waals surface area (Å²) in [5.41, 5.74) is -0.711. The summed E-state index contributed by atoms with van der Waals surface area (Å²) in [5, 5.41) is 2.95. The number of halogens is 3. The van der Waals surface area contributed by atoms with Crippen LogP contribution in [0.3, 0.4) is 0 Å². The molecule has 0 radical (unpaired) electrons. The van der Waals surface area contributed by atoms with E-state index in [4.69, 9.17) is 4.74 Å². The molecule has 3 nitrogen and oxygen atoms in total. The highest BCUT2D eigenvalue weighted by atomic mass is 19.4. The Balaban J connectivity index is 2.05. The molecule has 1 fully saturated rings. The van der Waals surface area contributed by atoms with Gasteiger partial charge in [0.15, 0.2) is 0 Å². The van der Waals surface area contributed by atoms with Gasteiger partial charge in [-0.15, -0.1) is 0 Å². The Kier molecular flexibility index (Phi) is 5.08. The van der Waals surface area contributed by atoms with Gasteiger partial charge in [-0.1, -0.05) is 13.8 Å². The molecule has 2 atom stereocenters. The number of nitrogens with zero attached hydrogens (tertiary/aromatic N) is 1. The average molecular weight is 302 g/mol. The predicted octanol–water partition coefficient (Wildman–Crippen LogP) is 4.11. The van der Waals surface area contributed by atoms with Crippen molar-refractivity contribution in [2.24, 2.45) is 5.92 Å². The number of aromatic nitrogens is 1. The summed E-state index contributed by atoms with van der Waals surface area (Å²) >= 11 is 0. The molecular formula is C15H21F3N2O. The molecule has 1 aliphatic heterocycles. The molecule has 2 rings (SSSR count). The van der Waals surface area contributed by atoms with Crippen LogP contribution in [0.15, 0.2) is 18.3 Å². The molecule has 0 bridgehead atoms. The molecule has 2 heterocycles. The summed E-state index contributed by atoms with van der Waals surface area (Å²) in [4.78, 5) is 3.85. The lowest BCUT2D eigenvalue weighted by Gasteiger charge is -2.31. The largest absolute Gasteiger partial charge is 0.419 e. The molecule has 0 spiro atoms. The quantitative estimate of drug-likeness (QED) is 0.909. The normalized spacial score (nSPS) is 23.3. The van der Waals surface area contributed by atoms with Gasteiger partial charge in [0.25, 0.3) is 0 Å². The summed E-state index contributed by atoms with van der Waals surface area (Å²) in [6.45, 7) is 4.80. The van der Waals surface area contributed by atoms with Crippen molar-refractivity contribution in [3.8, 4) is 0 Å². The number of nitrogens with one attached hydrogen (secondary N) is 1. The number of rotatable bonds is 4. The third-order valence-electron chi connectivity index (χ3n) is 3.56. The maximum Gasteiger partial charge on any atom is 0.419 e. The van der Waals surface area contributed by atoms with E-state index in [-0.39, 0.29) is 18.0 Å². The van der Waals surface area contributed by atoms with Crippen molar-refractivity contribution < 1.29 is 17.9 Å². The van der Waals surface area contributed by atoms with Gasteiger partial charge in [-0.05, 0) is 37.3 Å². The molecular weight excluding hydrogens is 281 g/mol. The molecule has 1 N–H and O–H groups in total. The molecule has 1 aromatic rings. The third-order valence-corrected chi connectivity index (χ3v) is 3.56. The van der Waals surface area contributed by atoms with Crippen LogP contribution < -0.4 is 5.32 Å². The van der Waals surface area contributed by atoms with Gasteiger partial charge in [-0.2, -0.15) is 13.2 Å². The maximum absolute atomic E-state index is 12.9. The fraction of sp³-hybridized carbons (Fsp3) is 0.667. The lowest BCUT2D eigenvalue weighted by Crippen LogP contribution is -2.35. The molecule has 6 heteroatoms. The van der Waals surface area contributed by atoms with E-state index in [0.29, 0.717) is 25.4 Å². The number of hydrogen-bond donors (Lipinski definition) is 1. The highest BCUT2D eigenvalue weighted by molar-refractivity contribution is 5.46. The molecule has 1 saturated heterocycles. The number of ether oxygens (including phenoxy) is 1. The Morgan fingerprint density at radius 3 is 2.86 bits per heavy atom. The van der Waals surface area contributed by atoms with Crippen LogP contribution >= 0.6 is 0 Å². The first-order valence-electron chi connectivity index (χ1n) is 7.26. The van der Waals surface area contributed by atoms with E-state index in [1.165, 1.54) is 12.3 Å². The average Bonchev–Trinajstić information content (AvgIpc) is 2.37. The lowest BCUT2D eigenvalue weighted by molar-refractivity contribution is -0.137. The lowest BCUT2D eigenvalue weighted by atomic mass is 9.96. The molecule has 1 aromatic heterocycles. The van der Waals surface area contributed by atoms with E-state index >= 15 is 0 Å². The van der Waals surface area contributed by atoms with Gasteiger partial charge in [0.1, 0.15) is 5.82 Å². The van der Waals surface area contributed by atoms with Gasteiger partial charge in [0.2, 0.25) is 0 Å². The summed E-state index contributed by atoms with van der Waals surface area (Å²) < 4.78 is 44.5. The molecule has 21 heavy (non-hydrogen) atoms. The van der Waals surface area contributed by atoms with Crippen molar-refractivity contribution in [3.63, 3.8) is 0 Å². The van der Waals surface area contributed by atoms with E-state index in [0.717, 1.165) is 12.5 Å². The van der Waals surface area contributed by atoms with Crippen molar-refractivity contribution in [2.75, 3.05) is 11.9 Å². The van der Waals surface area contributed by atoms with E-state index in [1.807, 2.05) is 0 Å². The summed E-state index contributed by atoms with van der Waals surface area (Å²) in [6, 6.07) is 2.33. The molecule has 0 aromatic carbocycles. The van der Waals surface area contributed by atoms with Gasteiger partial charge < -0.3 is 10.1 Å². The molecule has 118 valence electrons. The van der Waals surface area contributed by atoms with Crippen molar-refractivity contribution >= 4 is 5.82 Å². The molecule has 0 amide bonds. The first kappa shape index (κ1) is 16.1. The monoisotopic (exact) mass is 302 g/mol. The third kappa shape index (κ3) is 4.59. The van der Waals surface area contributed by atoms with Crippen LogP contribution in [0, 0.1) is 5.92 Å². The Hall–Kier alpha value is -1.30. The topological polar surface area (TPSA) is 34.2 Å². The molecule has 0 unspecified atom stereocenters. The summed E-state index contributed by atoms with van der Waals surface area (Å²) in [5.74, 6) is 0.425. The first-order valence-corrected chi connectivity index (χ1v) is 7.26. The van der Waals surface area contributed by atoms with Gasteiger partial charge >= 0.3 is 6.18 Å². The van der Waals surface area contributed by atoms with Gasteiger partial charge in [0, 0.05) is 18.8 Å². The van der Waals surface area contributed by atoms with E-state index in [9.17, 15) is 13.2 Å². The van der Waals surface area contributed by atoms with E-state index in [2.05, 4.69) is 24.1 Å². The summed E-state index contributed by atoms with van der Waals surface area (Å²) in [6.07, 6.45) is -0.572. The SMILES string of the molecule is CC(C)C[C@H]1C[C@H](Nc2ncccc2C(F)(F)F)CCO1. The smallest absolute Gasteiger partial charge is 0.378 e. The van der Waals surface area contributed by atoms with Crippen LogP contribution in [0.25, 0.3) is 0 Å². The standard InChI is InChI=1S/C15H21F3N2O/c1-10(2)8-12-9-11(5-7-21-12)20-14-13(15(16,17)18)4-3-6-19-14/h3-4,6,10-12H,5,7-9H2,1-2H3,(H,19,20)/t11-,12+/m1/s1. The van der Waals surface area contributed by atoms with Gasteiger partial charge in [-0.3, -0.25) is 0 Å². The van der Waals surface area contributed by atoms with Crippen molar-refractivity contribution in [2.45, 2.75) is 51.4 Å². The Morgan fingerprint density at radius 1 is 1.43 bits per heavy atom. The van der Waals surface area contributed by atoms with Crippen molar-refractivity contribution in [1.29, 1.82) is 0 Å². The zero-order valence-corrected chi connectivity index (χ0v) is 12.3.